The third-order valence-electron chi connectivity index (χ3n) is 4.65. The zero-order chi connectivity index (χ0) is 17.4. The summed E-state index contributed by atoms with van der Waals surface area (Å²) in [7, 11) is -3.57. The largest absolute Gasteiger partial charge is 0.265 e. The average Bonchev–Trinajstić information content (AvgIpc) is 3.08. The number of anilines is 1. The van der Waals surface area contributed by atoms with Gasteiger partial charge in [-0.25, -0.2) is 8.42 Å². The van der Waals surface area contributed by atoms with Gasteiger partial charge in [-0.3, -0.25) is 4.31 Å². The molecule has 0 aliphatic carbocycles. The number of sulfonamides is 1. The maximum Gasteiger partial charge on any atom is 0.264 e. The van der Waals surface area contributed by atoms with E-state index in [1.165, 1.54) is 0 Å². The van der Waals surface area contributed by atoms with Gasteiger partial charge in [0, 0.05) is 12.1 Å². The van der Waals surface area contributed by atoms with Gasteiger partial charge in [0.15, 0.2) is 0 Å². The number of hydrogen-bond donors (Lipinski definition) is 0. The minimum atomic E-state index is -3.57. The Kier molecular flexibility index (Phi) is 3.85. The molecule has 0 unspecified atom stereocenters. The number of aryl methyl sites for hydroxylation is 1. The monoisotopic (exact) mass is 349 g/mol. The molecule has 3 aromatic carbocycles. The summed E-state index contributed by atoms with van der Waals surface area (Å²) in [6.07, 6.45) is 0.737. The summed E-state index contributed by atoms with van der Waals surface area (Å²) >= 11 is 0. The van der Waals surface area contributed by atoms with Crippen molar-refractivity contribution in [2.45, 2.75) is 18.2 Å². The lowest BCUT2D eigenvalue weighted by molar-refractivity contribution is 0.592. The van der Waals surface area contributed by atoms with Crippen LogP contribution in [-0.2, 0) is 16.4 Å². The summed E-state index contributed by atoms with van der Waals surface area (Å²) in [5.74, 6) is 0. The second-order valence-corrected chi connectivity index (χ2v) is 8.18. The van der Waals surface area contributed by atoms with Crippen LogP contribution < -0.4 is 4.31 Å². The van der Waals surface area contributed by atoms with Crippen LogP contribution in [0.4, 0.5) is 5.69 Å². The van der Waals surface area contributed by atoms with Gasteiger partial charge in [0.2, 0.25) is 0 Å². The second-order valence-electron chi connectivity index (χ2n) is 6.32. The van der Waals surface area contributed by atoms with Crippen molar-refractivity contribution in [2.75, 3.05) is 10.8 Å². The maximum atomic E-state index is 13.2. The lowest BCUT2D eigenvalue weighted by atomic mass is 10.0. The van der Waals surface area contributed by atoms with Gasteiger partial charge < -0.3 is 0 Å². The standard InChI is InChI=1S/C21H19NO2S/c1-16-10-12-19(13-11-16)25(23,24)22-15-14-18-8-5-9-20(21(18)22)17-6-3-2-4-7-17/h2-13H,14-15H2,1H3. The molecular weight excluding hydrogens is 330 g/mol. The highest BCUT2D eigenvalue weighted by Gasteiger charge is 2.32. The van der Waals surface area contributed by atoms with E-state index in [-0.39, 0.29) is 0 Å². The van der Waals surface area contributed by atoms with Crippen molar-refractivity contribution in [3.8, 4) is 11.1 Å². The molecule has 0 amide bonds. The summed E-state index contributed by atoms with van der Waals surface area (Å²) in [5, 5.41) is 0. The normalized spacial score (nSPS) is 13.7. The highest BCUT2D eigenvalue weighted by Crippen LogP contribution is 2.40. The summed E-state index contributed by atoms with van der Waals surface area (Å²) < 4.78 is 28.0. The van der Waals surface area contributed by atoms with Gasteiger partial charge in [0.1, 0.15) is 0 Å². The van der Waals surface area contributed by atoms with Gasteiger partial charge in [-0.15, -0.1) is 0 Å². The lowest BCUT2D eigenvalue weighted by Gasteiger charge is -2.22. The van der Waals surface area contributed by atoms with E-state index in [0.29, 0.717) is 11.4 Å². The fourth-order valence-corrected chi connectivity index (χ4v) is 4.87. The van der Waals surface area contributed by atoms with Crippen molar-refractivity contribution in [3.63, 3.8) is 0 Å². The number of fused-ring (bicyclic) bond motifs is 1. The Labute approximate surface area is 148 Å². The fraction of sp³-hybridized carbons (Fsp3) is 0.143. The van der Waals surface area contributed by atoms with Crippen LogP contribution in [0.5, 0.6) is 0 Å². The zero-order valence-corrected chi connectivity index (χ0v) is 14.8. The number of nitrogens with zero attached hydrogens (tertiary/aromatic N) is 1. The van der Waals surface area contributed by atoms with Crippen LogP contribution in [0.1, 0.15) is 11.1 Å². The molecule has 4 rings (SSSR count). The Bertz CT molecular complexity index is 1010. The Balaban J connectivity index is 1.86. The first kappa shape index (κ1) is 15.9. The molecule has 0 fully saturated rings. The molecule has 25 heavy (non-hydrogen) atoms. The van der Waals surface area contributed by atoms with E-state index in [9.17, 15) is 8.42 Å². The molecule has 0 radical (unpaired) electrons. The van der Waals surface area contributed by atoms with Gasteiger partial charge in [0.25, 0.3) is 10.0 Å². The molecule has 1 heterocycles. The molecule has 0 saturated heterocycles. The van der Waals surface area contributed by atoms with Crippen molar-refractivity contribution in [3.05, 3.63) is 83.9 Å². The second kappa shape index (κ2) is 6.05. The van der Waals surface area contributed by atoms with Crippen LogP contribution in [0, 0.1) is 6.92 Å². The van der Waals surface area contributed by atoms with Crippen LogP contribution >= 0.6 is 0 Å². The smallest absolute Gasteiger partial charge is 0.264 e. The highest BCUT2D eigenvalue weighted by molar-refractivity contribution is 7.92. The molecule has 0 saturated carbocycles. The molecule has 126 valence electrons. The Hall–Kier alpha value is -2.59. The van der Waals surface area contributed by atoms with Crippen molar-refractivity contribution >= 4 is 15.7 Å². The van der Waals surface area contributed by atoms with Gasteiger partial charge in [-0.05, 0) is 36.6 Å². The van der Waals surface area contributed by atoms with Crippen LogP contribution in [-0.4, -0.2) is 15.0 Å². The van der Waals surface area contributed by atoms with Crippen molar-refractivity contribution in [1.82, 2.24) is 0 Å². The highest BCUT2D eigenvalue weighted by atomic mass is 32.2. The summed E-state index contributed by atoms with van der Waals surface area (Å²) in [6, 6.07) is 23.0. The molecule has 4 heteroatoms. The average molecular weight is 349 g/mol. The Morgan fingerprint density at radius 2 is 1.56 bits per heavy atom. The fourth-order valence-electron chi connectivity index (χ4n) is 3.35. The molecule has 0 N–H and O–H groups in total. The number of para-hydroxylation sites is 1. The molecule has 3 nitrogen and oxygen atoms in total. The molecule has 0 aromatic heterocycles. The lowest BCUT2D eigenvalue weighted by Crippen LogP contribution is -2.29. The van der Waals surface area contributed by atoms with Crippen molar-refractivity contribution < 1.29 is 8.42 Å². The molecule has 0 spiro atoms. The molecule has 1 aliphatic heterocycles. The third-order valence-corrected chi connectivity index (χ3v) is 6.46. The van der Waals surface area contributed by atoms with E-state index in [1.54, 1.807) is 16.4 Å². The van der Waals surface area contributed by atoms with Crippen LogP contribution in [0.15, 0.2) is 77.7 Å². The van der Waals surface area contributed by atoms with Crippen molar-refractivity contribution in [2.24, 2.45) is 0 Å². The van der Waals surface area contributed by atoms with Crippen LogP contribution in [0.2, 0.25) is 0 Å². The van der Waals surface area contributed by atoms with E-state index in [4.69, 9.17) is 0 Å². The quantitative estimate of drug-likeness (QED) is 0.702. The predicted molar refractivity (Wildman–Crippen MR) is 101 cm³/mol. The van der Waals surface area contributed by atoms with E-state index >= 15 is 0 Å². The topological polar surface area (TPSA) is 37.4 Å². The van der Waals surface area contributed by atoms with Crippen molar-refractivity contribution in [1.29, 1.82) is 0 Å². The third kappa shape index (κ3) is 2.72. The Morgan fingerprint density at radius 3 is 2.28 bits per heavy atom. The number of hydrogen-bond acceptors (Lipinski definition) is 2. The van der Waals surface area contributed by atoms with E-state index < -0.39 is 10.0 Å². The van der Waals surface area contributed by atoms with Crippen LogP contribution in [0.25, 0.3) is 11.1 Å². The number of benzene rings is 3. The first-order valence-electron chi connectivity index (χ1n) is 8.34. The summed E-state index contributed by atoms with van der Waals surface area (Å²) in [4.78, 5) is 0.341. The molecular formula is C21H19NO2S. The minimum Gasteiger partial charge on any atom is -0.265 e. The molecule has 1 aliphatic rings. The minimum absolute atomic E-state index is 0.341. The first-order chi connectivity index (χ1) is 12.1. The van der Waals surface area contributed by atoms with Crippen LogP contribution in [0.3, 0.4) is 0 Å². The predicted octanol–water partition coefficient (Wildman–Crippen LogP) is 4.41. The van der Waals surface area contributed by atoms with Gasteiger partial charge in [0.05, 0.1) is 10.6 Å². The summed E-state index contributed by atoms with van der Waals surface area (Å²) in [5.41, 5.74) is 4.94. The molecule has 0 atom stereocenters. The Morgan fingerprint density at radius 1 is 0.840 bits per heavy atom. The van der Waals surface area contributed by atoms with E-state index in [0.717, 1.165) is 34.4 Å². The maximum absolute atomic E-state index is 13.2. The van der Waals surface area contributed by atoms with E-state index in [1.807, 2.05) is 67.6 Å². The summed E-state index contributed by atoms with van der Waals surface area (Å²) in [6.45, 7) is 2.43. The van der Waals surface area contributed by atoms with Gasteiger partial charge in [-0.2, -0.15) is 0 Å². The first-order valence-corrected chi connectivity index (χ1v) is 9.78. The van der Waals surface area contributed by atoms with Gasteiger partial charge in [-0.1, -0.05) is 66.2 Å². The zero-order valence-electron chi connectivity index (χ0n) is 14.0. The van der Waals surface area contributed by atoms with E-state index in [2.05, 4.69) is 0 Å². The SMILES string of the molecule is Cc1ccc(S(=O)(=O)N2CCc3cccc(-c4ccccc4)c32)cc1. The van der Waals surface area contributed by atoms with Gasteiger partial charge >= 0.3 is 0 Å². The molecule has 3 aromatic rings. The number of rotatable bonds is 3. The molecule has 0 bridgehead atoms.